The molecule has 0 atom stereocenters. The molecule has 1 amide bonds. The summed E-state index contributed by atoms with van der Waals surface area (Å²) in [6.45, 7) is 0. The molecule has 0 heterocycles. The second-order valence-corrected chi connectivity index (χ2v) is 7.39. The number of anilines is 2. The Labute approximate surface area is 210 Å². The van der Waals surface area contributed by atoms with Gasteiger partial charge in [0.1, 0.15) is 23.0 Å². The van der Waals surface area contributed by atoms with Crippen LogP contribution in [-0.4, -0.2) is 40.1 Å². The molecule has 3 rings (SSSR count). The van der Waals surface area contributed by atoms with Gasteiger partial charge < -0.3 is 29.6 Å². The lowest BCUT2D eigenvalue weighted by atomic mass is 10.1. The number of nitrogens with one attached hydrogen (secondary N) is 2. The van der Waals surface area contributed by atoms with Crippen molar-refractivity contribution in [3.8, 4) is 23.0 Å². The average molecular weight is 489 g/mol. The highest BCUT2D eigenvalue weighted by molar-refractivity contribution is 6.05. The Morgan fingerprint density at radius 3 is 2.03 bits per heavy atom. The molecule has 0 aliphatic heterocycles. The number of carbonyl (C=O) groups excluding carboxylic acids is 2. The lowest BCUT2D eigenvalue weighted by molar-refractivity contribution is -0.111. The largest absolute Gasteiger partial charge is 0.496 e. The van der Waals surface area contributed by atoms with E-state index in [9.17, 15) is 9.59 Å². The summed E-state index contributed by atoms with van der Waals surface area (Å²) in [5.41, 5.74) is 2.29. The van der Waals surface area contributed by atoms with E-state index in [2.05, 4.69) is 10.6 Å². The summed E-state index contributed by atoms with van der Waals surface area (Å²) in [7, 11) is 6.14. The molecule has 0 aliphatic rings. The number of rotatable bonds is 11. The molecular weight excluding hydrogens is 460 g/mol. The summed E-state index contributed by atoms with van der Waals surface area (Å²) in [5.74, 6) is 1.63. The van der Waals surface area contributed by atoms with Gasteiger partial charge in [0.05, 0.1) is 39.7 Å². The van der Waals surface area contributed by atoms with Gasteiger partial charge in [0.25, 0.3) is 0 Å². The number of carbonyl (C=O) groups is 2. The Balaban J connectivity index is 1.73. The van der Waals surface area contributed by atoms with Crippen molar-refractivity contribution in [1.29, 1.82) is 0 Å². The highest BCUT2D eigenvalue weighted by atomic mass is 16.5. The van der Waals surface area contributed by atoms with Crippen LogP contribution in [0, 0.1) is 0 Å². The van der Waals surface area contributed by atoms with Gasteiger partial charge >= 0.3 is 0 Å². The molecule has 0 spiro atoms. The summed E-state index contributed by atoms with van der Waals surface area (Å²) < 4.78 is 21.4. The van der Waals surface area contributed by atoms with E-state index < -0.39 is 0 Å². The first-order valence-electron chi connectivity index (χ1n) is 11.0. The van der Waals surface area contributed by atoms with Crippen molar-refractivity contribution in [2.75, 3.05) is 39.1 Å². The predicted molar refractivity (Wildman–Crippen MR) is 140 cm³/mol. The quantitative estimate of drug-likeness (QED) is 0.284. The van der Waals surface area contributed by atoms with Crippen molar-refractivity contribution in [1.82, 2.24) is 0 Å². The fraction of sp³-hybridized carbons (Fsp3) is 0.143. The van der Waals surface area contributed by atoms with E-state index >= 15 is 0 Å². The first-order chi connectivity index (χ1) is 17.5. The monoisotopic (exact) mass is 488 g/mol. The van der Waals surface area contributed by atoms with Crippen LogP contribution in [0.25, 0.3) is 6.08 Å². The number of amides is 1. The van der Waals surface area contributed by atoms with Crippen LogP contribution in [0.1, 0.15) is 15.9 Å². The second-order valence-electron chi connectivity index (χ2n) is 7.39. The van der Waals surface area contributed by atoms with Crippen molar-refractivity contribution in [3.05, 3.63) is 90.1 Å². The van der Waals surface area contributed by atoms with Gasteiger partial charge in [0, 0.05) is 41.7 Å². The summed E-state index contributed by atoms with van der Waals surface area (Å²) in [6.07, 6.45) is 5.94. The Kier molecular flexibility index (Phi) is 9.11. The Morgan fingerprint density at radius 1 is 0.750 bits per heavy atom. The van der Waals surface area contributed by atoms with Crippen molar-refractivity contribution in [2.45, 2.75) is 0 Å². The zero-order valence-electron chi connectivity index (χ0n) is 20.5. The third-order valence-corrected chi connectivity index (χ3v) is 5.15. The first kappa shape index (κ1) is 25.9. The number of ether oxygens (including phenoxy) is 4. The minimum atomic E-state index is -0.360. The van der Waals surface area contributed by atoms with Gasteiger partial charge in [-0.2, -0.15) is 0 Å². The molecule has 0 saturated carbocycles. The minimum Gasteiger partial charge on any atom is -0.496 e. The molecule has 186 valence electrons. The molecule has 8 nitrogen and oxygen atoms in total. The molecular formula is C28H28N2O6. The van der Waals surface area contributed by atoms with Crippen LogP contribution in [0.15, 0.2) is 79.0 Å². The van der Waals surface area contributed by atoms with E-state index in [0.29, 0.717) is 45.5 Å². The van der Waals surface area contributed by atoms with Gasteiger partial charge in [0.2, 0.25) is 5.91 Å². The third-order valence-electron chi connectivity index (χ3n) is 5.15. The summed E-state index contributed by atoms with van der Waals surface area (Å²) in [6, 6.07) is 17.5. The molecule has 0 radical (unpaired) electrons. The Morgan fingerprint density at radius 2 is 1.42 bits per heavy atom. The fourth-order valence-corrected chi connectivity index (χ4v) is 3.34. The van der Waals surface area contributed by atoms with E-state index in [4.69, 9.17) is 18.9 Å². The number of benzene rings is 3. The SMILES string of the molecule is COc1cc(OC)c(/C=C/C(=O)Nc2ccc(OC)c(N/C=C/C(=O)c3ccccc3)c2)c(OC)c1. The van der Waals surface area contributed by atoms with Crippen molar-refractivity contribution in [3.63, 3.8) is 0 Å². The van der Waals surface area contributed by atoms with E-state index in [1.807, 2.05) is 6.07 Å². The van der Waals surface area contributed by atoms with Crippen LogP contribution in [-0.2, 0) is 4.79 Å². The highest BCUT2D eigenvalue weighted by Gasteiger charge is 2.12. The molecule has 0 saturated heterocycles. The van der Waals surface area contributed by atoms with Crippen molar-refractivity contribution >= 4 is 29.1 Å². The van der Waals surface area contributed by atoms with E-state index in [1.54, 1.807) is 67.8 Å². The maximum atomic E-state index is 12.6. The van der Waals surface area contributed by atoms with Crippen molar-refractivity contribution < 1.29 is 28.5 Å². The predicted octanol–water partition coefficient (Wildman–Crippen LogP) is 5.18. The van der Waals surface area contributed by atoms with Gasteiger partial charge in [0.15, 0.2) is 5.78 Å². The van der Waals surface area contributed by atoms with Gasteiger partial charge in [-0.05, 0) is 24.3 Å². The van der Waals surface area contributed by atoms with E-state index in [0.717, 1.165) is 0 Å². The number of hydrogen-bond donors (Lipinski definition) is 2. The lowest BCUT2D eigenvalue weighted by Gasteiger charge is -2.13. The van der Waals surface area contributed by atoms with Crippen LogP contribution in [0.2, 0.25) is 0 Å². The Bertz CT molecular complexity index is 1240. The van der Waals surface area contributed by atoms with Crippen LogP contribution < -0.4 is 29.6 Å². The molecule has 0 aromatic heterocycles. The molecule has 0 bridgehead atoms. The number of allylic oxidation sites excluding steroid dienone is 1. The Hall–Kier alpha value is -4.72. The molecule has 8 heteroatoms. The first-order valence-corrected chi connectivity index (χ1v) is 11.0. The molecule has 3 aromatic carbocycles. The molecule has 3 aromatic rings. The summed E-state index contributed by atoms with van der Waals surface area (Å²) in [5, 5.41) is 5.84. The smallest absolute Gasteiger partial charge is 0.248 e. The van der Waals surface area contributed by atoms with Gasteiger partial charge in [-0.3, -0.25) is 9.59 Å². The average Bonchev–Trinajstić information content (AvgIpc) is 2.91. The molecule has 36 heavy (non-hydrogen) atoms. The van der Waals surface area contributed by atoms with E-state index in [-0.39, 0.29) is 11.7 Å². The molecule has 0 fully saturated rings. The van der Waals surface area contributed by atoms with Crippen LogP contribution >= 0.6 is 0 Å². The molecule has 0 aliphatic carbocycles. The maximum absolute atomic E-state index is 12.6. The number of hydrogen-bond acceptors (Lipinski definition) is 7. The van der Waals surface area contributed by atoms with Gasteiger partial charge in [-0.1, -0.05) is 30.3 Å². The summed E-state index contributed by atoms with van der Waals surface area (Å²) >= 11 is 0. The topological polar surface area (TPSA) is 95.1 Å². The van der Waals surface area contributed by atoms with Gasteiger partial charge in [-0.15, -0.1) is 0 Å². The third kappa shape index (κ3) is 6.66. The van der Waals surface area contributed by atoms with Crippen molar-refractivity contribution in [2.24, 2.45) is 0 Å². The fourth-order valence-electron chi connectivity index (χ4n) is 3.34. The zero-order valence-corrected chi connectivity index (χ0v) is 20.5. The lowest BCUT2D eigenvalue weighted by Crippen LogP contribution is -2.08. The van der Waals surface area contributed by atoms with Gasteiger partial charge in [-0.25, -0.2) is 0 Å². The van der Waals surface area contributed by atoms with Crippen LogP contribution in [0.3, 0.4) is 0 Å². The minimum absolute atomic E-state index is 0.138. The molecule has 0 unspecified atom stereocenters. The van der Waals surface area contributed by atoms with Crippen LogP contribution in [0.5, 0.6) is 23.0 Å². The number of ketones is 1. The molecule has 2 N–H and O–H groups in total. The maximum Gasteiger partial charge on any atom is 0.248 e. The summed E-state index contributed by atoms with van der Waals surface area (Å²) in [4.78, 5) is 24.9. The highest BCUT2D eigenvalue weighted by Crippen LogP contribution is 2.35. The standard InChI is InChI=1S/C28H28N2O6/c1-33-21-17-26(35-3)22(27(18-21)36-4)11-13-28(32)30-20-10-12-25(34-2)23(16-20)29-15-14-24(31)19-8-6-5-7-9-19/h5-18,29H,1-4H3,(H,30,32)/b13-11+,15-14+. The normalized spacial score (nSPS) is 10.8. The second kappa shape index (κ2) is 12.7. The van der Waals surface area contributed by atoms with E-state index in [1.165, 1.54) is 39.7 Å². The zero-order chi connectivity index (χ0) is 25.9. The number of methoxy groups -OCH3 is 4. The van der Waals surface area contributed by atoms with Crippen LogP contribution in [0.4, 0.5) is 11.4 Å².